The Morgan fingerprint density at radius 3 is 2.74 bits per heavy atom. The molecule has 0 saturated carbocycles. The highest BCUT2D eigenvalue weighted by Crippen LogP contribution is 2.23. The van der Waals surface area contributed by atoms with E-state index in [2.05, 4.69) is 38.2 Å². The van der Waals surface area contributed by atoms with Gasteiger partial charge in [0.1, 0.15) is 0 Å². The van der Waals surface area contributed by atoms with Crippen LogP contribution in [-0.4, -0.2) is 21.9 Å². The van der Waals surface area contributed by atoms with Crippen LogP contribution in [0.5, 0.6) is 0 Å². The van der Waals surface area contributed by atoms with Gasteiger partial charge in [-0.15, -0.1) is 11.8 Å². The monoisotopic (exact) mass is 342 g/mol. The fraction of sp³-hybridized carbons (Fsp3) is 0.385. The second-order valence-corrected chi connectivity index (χ2v) is 5.99. The number of aliphatic hydroxyl groups is 1. The molecule has 0 atom stereocenters. The van der Waals surface area contributed by atoms with Gasteiger partial charge in [-0.1, -0.05) is 21.1 Å². The predicted octanol–water partition coefficient (Wildman–Crippen LogP) is 3.44. The van der Waals surface area contributed by atoms with Crippen molar-refractivity contribution in [3.05, 3.63) is 40.5 Å². The zero-order chi connectivity index (χ0) is 13.5. The van der Waals surface area contributed by atoms with E-state index in [-0.39, 0.29) is 6.61 Å². The molecule has 1 aromatic carbocycles. The molecule has 0 unspecified atom stereocenters. The first-order chi connectivity index (χ1) is 9.28. The number of unbranched alkanes of at least 4 members (excludes halogenated alkanes) is 1. The highest BCUT2D eigenvalue weighted by Gasteiger charge is 2.06. The molecule has 4 nitrogen and oxygen atoms in total. The van der Waals surface area contributed by atoms with E-state index in [0.29, 0.717) is 17.5 Å². The number of thioether (sulfide) groups is 1. The molecule has 0 aliphatic heterocycles. The summed E-state index contributed by atoms with van der Waals surface area (Å²) in [6.45, 7) is 0.209. The molecule has 0 aliphatic carbocycles. The molecule has 102 valence electrons. The lowest BCUT2D eigenvalue weighted by molar-refractivity contribution is 0.280. The molecule has 0 saturated heterocycles. The molecule has 0 aliphatic rings. The van der Waals surface area contributed by atoms with Crippen LogP contribution < -0.4 is 0 Å². The standard InChI is InChI=1S/C13H15BrN2O2S/c14-10-4-6-11(7-5-10)19-9-12-15-13(18-16-12)3-1-2-8-17/h4-7,17H,1-3,8-9H2. The van der Waals surface area contributed by atoms with Gasteiger partial charge in [-0.2, -0.15) is 4.98 Å². The lowest BCUT2D eigenvalue weighted by Crippen LogP contribution is -1.89. The van der Waals surface area contributed by atoms with Crippen LogP contribution >= 0.6 is 27.7 Å². The van der Waals surface area contributed by atoms with Crippen molar-refractivity contribution in [2.24, 2.45) is 0 Å². The number of hydrogen-bond donors (Lipinski definition) is 1. The molecular weight excluding hydrogens is 328 g/mol. The Hall–Kier alpha value is -0.850. The maximum atomic E-state index is 8.71. The summed E-state index contributed by atoms with van der Waals surface area (Å²) in [4.78, 5) is 5.50. The minimum Gasteiger partial charge on any atom is -0.396 e. The average Bonchev–Trinajstić information content (AvgIpc) is 2.86. The summed E-state index contributed by atoms with van der Waals surface area (Å²) in [5.41, 5.74) is 0. The van der Waals surface area contributed by atoms with Crippen LogP contribution in [0.25, 0.3) is 0 Å². The Kier molecular flexibility index (Phi) is 5.88. The first-order valence-corrected chi connectivity index (χ1v) is 7.86. The van der Waals surface area contributed by atoms with Crippen molar-refractivity contribution in [2.45, 2.75) is 29.9 Å². The number of benzene rings is 1. The first kappa shape index (κ1) is 14.6. The lowest BCUT2D eigenvalue weighted by Gasteiger charge is -1.97. The third-order valence-electron chi connectivity index (χ3n) is 2.49. The van der Waals surface area contributed by atoms with Gasteiger partial charge in [-0.25, -0.2) is 0 Å². The molecule has 1 aromatic heterocycles. The van der Waals surface area contributed by atoms with Gasteiger partial charge < -0.3 is 9.63 Å². The largest absolute Gasteiger partial charge is 0.396 e. The highest BCUT2D eigenvalue weighted by molar-refractivity contribution is 9.10. The summed E-state index contributed by atoms with van der Waals surface area (Å²) in [5, 5.41) is 12.7. The first-order valence-electron chi connectivity index (χ1n) is 6.08. The molecule has 19 heavy (non-hydrogen) atoms. The number of aryl methyl sites for hydroxylation is 1. The predicted molar refractivity (Wildman–Crippen MR) is 78.0 cm³/mol. The van der Waals surface area contributed by atoms with Gasteiger partial charge >= 0.3 is 0 Å². The van der Waals surface area contributed by atoms with E-state index >= 15 is 0 Å². The third kappa shape index (κ3) is 4.97. The van der Waals surface area contributed by atoms with Crippen LogP contribution in [0.2, 0.25) is 0 Å². The molecule has 0 fully saturated rings. The number of aromatic nitrogens is 2. The second kappa shape index (κ2) is 7.67. The van der Waals surface area contributed by atoms with Crippen molar-refractivity contribution in [1.82, 2.24) is 10.1 Å². The Balaban J connectivity index is 1.81. The summed E-state index contributed by atoms with van der Waals surface area (Å²) in [5.74, 6) is 2.07. The Labute approximate surface area is 124 Å². The second-order valence-electron chi connectivity index (χ2n) is 4.03. The van der Waals surface area contributed by atoms with E-state index < -0.39 is 0 Å². The summed E-state index contributed by atoms with van der Waals surface area (Å²) in [7, 11) is 0. The van der Waals surface area contributed by atoms with Crippen molar-refractivity contribution < 1.29 is 9.63 Å². The van der Waals surface area contributed by atoms with E-state index in [0.717, 1.165) is 23.7 Å². The summed E-state index contributed by atoms with van der Waals surface area (Å²) in [6.07, 6.45) is 2.37. The van der Waals surface area contributed by atoms with Crippen LogP contribution in [-0.2, 0) is 12.2 Å². The van der Waals surface area contributed by atoms with Crippen molar-refractivity contribution in [3.8, 4) is 0 Å². The molecule has 0 spiro atoms. The topological polar surface area (TPSA) is 59.2 Å². The maximum Gasteiger partial charge on any atom is 0.226 e. The van der Waals surface area contributed by atoms with Crippen molar-refractivity contribution in [3.63, 3.8) is 0 Å². The third-order valence-corrected chi connectivity index (χ3v) is 4.03. The smallest absolute Gasteiger partial charge is 0.226 e. The van der Waals surface area contributed by atoms with Crippen LogP contribution in [0.15, 0.2) is 38.2 Å². The molecule has 0 amide bonds. The minimum absolute atomic E-state index is 0.209. The van der Waals surface area contributed by atoms with E-state index in [1.807, 2.05) is 12.1 Å². The normalized spacial score (nSPS) is 10.8. The summed E-state index contributed by atoms with van der Waals surface area (Å²) in [6, 6.07) is 8.13. The van der Waals surface area contributed by atoms with Gasteiger partial charge in [0.05, 0.1) is 5.75 Å². The van der Waals surface area contributed by atoms with Crippen molar-refractivity contribution in [1.29, 1.82) is 0 Å². The van der Waals surface area contributed by atoms with Crippen molar-refractivity contribution >= 4 is 27.7 Å². The van der Waals surface area contributed by atoms with E-state index in [1.165, 1.54) is 4.90 Å². The van der Waals surface area contributed by atoms with Crippen LogP contribution in [0, 0.1) is 0 Å². The number of rotatable bonds is 7. The van der Waals surface area contributed by atoms with E-state index in [4.69, 9.17) is 9.63 Å². The minimum atomic E-state index is 0.209. The summed E-state index contributed by atoms with van der Waals surface area (Å²) < 4.78 is 6.23. The SMILES string of the molecule is OCCCCc1nc(CSc2ccc(Br)cc2)no1. The number of nitrogens with zero attached hydrogens (tertiary/aromatic N) is 2. The van der Waals surface area contributed by atoms with Gasteiger partial charge in [0.2, 0.25) is 5.89 Å². The molecule has 1 N–H and O–H groups in total. The van der Waals surface area contributed by atoms with Gasteiger partial charge in [-0.3, -0.25) is 0 Å². The molecule has 0 radical (unpaired) electrons. The van der Waals surface area contributed by atoms with Crippen LogP contribution in [0.4, 0.5) is 0 Å². The Morgan fingerprint density at radius 1 is 1.21 bits per heavy atom. The number of aliphatic hydroxyl groups excluding tert-OH is 1. The lowest BCUT2D eigenvalue weighted by atomic mass is 10.2. The molecule has 2 aromatic rings. The molecular formula is C13H15BrN2O2S. The number of halogens is 1. The van der Waals surface area contributed by atoms with Crippen molar-refractivity contribution in [2.75, 3.05) is 6.61 Å². The Bertz CT molecular complexity index is 502. The molecule has 2 rings (SSSR count). The van der Waals surface area contributed by atoms with Gasteiger partial charge in [-0.05, 0) is 37.1 Å². The zero-order valence-corrected chi connectivity index (χ0v) is 12.8. The van der Waals surface area contributed by atoms with Crippen LogP contribution in [0.3, 0.4) is 0 Å². The number of hydrogen-bond acceptors (Lipinski definition) is 5. The molecule has 0 bridgehead atoms. The molecule has 1 heterocycles. The Morgan fingerprint density at radius 2 is 2.00 bits per heavy atom. The fourth-order valence-electron chi connectivity index (χ4n) is 1.52. The maximum absolute atomic E-state index is 8.71. The van der Waals surface area contributed by atoms with Gasteiger partial charge in [0, 0.05) is 22.4 Å². The highest BCUT2D eigenvalue weighted by atomic mass is 79.9. The van der Waals surface area contributed by atoms with Gasteiger partial charge in [0.25, 0.3) is 0 Å². The summed E-state index contributed by atoms with van der Waals surface area (Å²) >= 11 is 5.09. The average molecular weight is 343 g/mol. The fourth-order valence-corrected chi connectivity index (χ4v) is 2.52. The van der Waals surface area contributed by atoms with Gasteiger partial charge in [0.15, 0.2) is 5.82 Å². The van der Waals surface area contributed by atoms with E-state index in [9.17, 15) is 0 Å². The van der Waals surface area contributed by atoms with Crippen LogP contribution in [0.1, 0.15) is 24.6 Å². The quantitative estimate of drug-likeness (QED) is 0.616. The molecule has 6 heteroatoms. The zero-order valence-electron chi connectivity index (χ0n) is 10.4. The van der Waals surface area contributed by atoms with E-state index in [1.54, 1.807) is 11.8 Å².